The molecular weight excluding hydrogens is 290 g/mol. The number of carboxylic acid groups (broad SMARTS) is 1. The number of para-hydroxylation sites is 2. The van der Waals surface area contributed by atoms with Crippen LogP contribution in [0.5, 0.6) is 0 Å². The standard InChI is InChI=1S/C14H19N3O5/c1-10(14(19)20)8-16(3)13(18)9-15(2)11-6-4-5-7-12(11)17(21)22/h4-7,10H,8-9H2,1-3H3,(H,19,20). The largest absolute Gasteiger partial charge is 0.481 e. The van der Waals surface area contributed by atoms with Crippen molar-refractivity contribution in [1.82, 2.24) is 4.90 Å². The minimum absolute atomic E-state index is 0.0757. The number of hydrogen-bond donors (Lipinski definition) is 1. The van der Waals surface area contributed by atoms with E-state index in [0.717, 1.165) is 0 Å². The molecule has 1 unspecified atom stereocenters. The molecule has 8 nitrogen and oxygen atoms in total. The van der Waals surface area contributed by atoms with Gasteiger partial charge in [0.25, 0.3) is 5.69 Å². The summed E-state index contributed by atoms with van der Waals surface area (Å²) >= 11 is 0. The van der Waals surface area contributed by atoms with Crippen molar-refractivity contribution in [2.24, 2.45) is 5.92 Å². The van der Waals surface area contributed by atoms with Gasteiger partial charge in [-0.25, -0.2) is 0 Å². The second-order valence-corrected chi connectivity index (χ2v) is 5.12. The van der Waals surface area contributed by atoms with Gasteiger partial charge in [-0.2, -0.15) is 0 Å². The Morgan fingerprint density at radius 2 is 1.91 bits per heavy atom. The van der Waals surface area contributed by atoms with Gasteiger partial charge in [-0.05, 0) is 6.07 Å². The Morgan fingerprint density at radius 3 is 2.45 bits per heavy atom. The molecule has 0 saturated heterocycles. The van der Waals surface area contributed by atoms with Crippen LogP contribution < -0.4 is 4.90 Å². The lowest BCUT2D eigenvalue weighted by Gasteiger charge is -2.24. The third-order valence-corrected chi connectivity index (χ3v) is 3.26. The maximum atomic E-state index is 12.1. The monoisotopic (exact) mass is 309 g/mol. The molecule has 22 heavy (non-hydrogen) atoms. The highest BCUT2D eigenvalue weighted by atomic mass is 16.6. The van der Waals surface area contributed by atoms with Crippen molar-refractivity contribution in [1.29, 1.82) is 0 Å². The molecule has 1 atom stereocenters. The topological polar surface area (TPSA) is 104 Å². The lowest BCUT2D eigenvalue weighted by molar-refractivity contribution is -0.384. The molecule has 0 radical (unpaired) electrons. The summed E-state index contributed by atoms with van der Waals surface area (Å²) in [6.07, 6.45) is 0. The van der Waals surface area contributed by atoms with Crippen LogP contribution in [0.25, 0.3) is 0 Å². The van der Waals surface area contributed by atoms with Crippen molar-refractivity contribution in [3.8, 4) is 0 Å². The van der Waals surface area contributed by atoms with Gasteiger partial charge in [-0.15, -0.1) is 0 Å². The Hall–Kier alpha value is -2.64. The van der Waals surface area contributed by atoms with E-state index in [9.17, 15) is 19.7 Å². The average molecular weight is 309 g/mol. The number of nitrogens with zero attached hydrogens (tertiary/aromatic N) is 3. The van der Waals surface area contributed by atoms with E-state index in [-0.39, 0.29) is 24.7 Å². The predicted octanol–water partition coefficient (Wildman–Crippen LogP) is 1.21. The highest BCUT2D eigenvalue weighted by Crippen LogP contribution is 2.26. The van der Waals surface area contributed by atoms with Gasteiger partial charge >= 0.3 is 5.97 Å². The molecule has 1 rings (SSSR count). The summed E-state index contributed by atoms with van der Waals surface area (Å²) in [6.45, 7) is 1.52. The van der Waals surface area contributed by atoms with Crippen LogP contribution in [0, 0.1) is 16.0 Å². The summed E-state index contributed by atoms with van der Waals surface area (Å²) in [7, 11) is 3.09. The number of hydrogen-bond acceptors (Lipinski definition) is 5. The molecule has 1 aromatic rings. The Morgan fingerprint density at radius 1 is 1.32 bits per heavy atom. The van der Waals surface area contributed by atoms with Gasteiger partial charge in [0, 0.05) is 26.7 Å². The number of aliphatic carboxylic acids is 1. The van der Waals surface area contributed by atoms with Crippen molar-refractivity contribution >= 4 is 23.3 Å². The van der Waals surface area contributed by atoms with Crippen LogP contribution in [0.4, 0.5) is 11.4 Å². The highest BCUT2D eigenvalue weighted by Gasteiger charge is 2.21. The second-order valence-electron chi connectivity index (χ2n) is 5.12. The summed E-state index contributed by atoms with van der Waals surface area (Å²) in [5, 5.41) is 19.8. The Balaban J connectivity index is 2.76. The predicted molar refractivity (Wildman–Crippen MR) is 80.8 cm³/mol. The van der Waals surface area contributed by atoms with Crippen LogP contribution in [0.15, 0.2) is 24.3 Å². The fourth-order valence-corrected chi connectivity index (χ4v) is 1.94. The number of anilines is 1. The third kappa shape index (κ3) is 4.44. The number of nitro benzene ring substituents is 1. The number of amides is 1. The van der Waals surface area contributed by atoms with Crippen molar-refractivity contribution in [3.63, 3.8) is 0 Å². The first-order valence-electron chi connectivity index (χ1n) is 6.65. The molecule has 0 spiro atoms. The quantitative estimate of drug-likeness (QED) is 0.599. The first kappa shape index (κ1) is 17.4. The van der Waals surface area contributed by atoms with Crippen LogP contribution >= 0.6 is 0 Å². The van der Waals surface area contributed by atoms with Gasteiger partial charge in [0.2, 0.25) is 5.91 Å². The van der Waals surface area contributed by atoms with E-state index >= 15 is 0 Å². The van der Waals surface area contributed by atoms with Gasteiger partial charge in [-0.1, -0.05) is 19.1 Å². The first-order chi connectivity index (χ1) is 10.2. The summed E-state index contributed by atoms with van der Waals surface area (Å²) in [6, 6.07) is 6.13. The Bertz CT molecular complexity index is 575. The van der Waals surface area contributed by atoms with Gasteiger partial charge in [0.15, 0.2) is 0 Å². The first-order valence-corrected chi connectivity index (χ1v) is 6.65. The highest BCUT2D eigenvalue weighted by molar-refractivity contribution is 5.82. The lowest BCUT2D eigenvalue weighted by Crippen LogP contribution is -2.40. The van der Waals surface area contributed by atoms with Crippen molar-refractivity contribution in [3.05, 3.63) is 34.4 Å². The second kappa shape index (κ2) is 7.39. The number of rotatable bonds is 7. The van der Waals surface area contributed by atoms with E-state index < -0.39 is 16.8 Å². The number of benzene rings is 1. The van der Waals surface area contributed by atoms with E-state index in [1.807, 2.05) is 0 Å². The number of nitro groups is 1. The third-order valence-electron chi connectivity index (χ3n) is 3.26. The lowest BCUT2D eigenvalue weighted by atomic mass is 10.2. The molecule has 8 heteroatoms. The zero-order chi connectivity index (χ0) is 16.9. The smallest absolute Gasteiger partial charge is 0.308 e. The Kier molecular flexibility index (Phi) is 5.85. The maximum absolute atomic E-state index is 12.1. The van der Waals surface area contributed by atoms with Crippen LogP contribution in [0.2, 0.25) is 0 Å². The molecule has 0 aromatic heterocycles. The number of carbonyl (C=O) groups excluding carboxylic acids is 1. The van der Waals surface area contributed by atoms with E-state index in [4.69, 9.17) is 5.11 Å². The molecule has 0 aliphatic rings. The fourth-order valence-electron chi connectivity index (χ4n) is 1.94. The molecule has 0 saturated carbocycles. The molecule has 0 aliphatic carbocycles. The minimum Gasteiger partial charge on any atom is -0.481 e. The van der Waals surface area contributed by atoms with Crippen LogP contribution in [-0.4, -0.2) is 54.0 Å². The molecule has 1 aromatic carbocycles. The zero-order valence-corrected chi connectivity index (χ0v) is 12.7. The van der Waals surface area contributed by atoms with Crippen LogP contribution in [0.1, 0.15) is 6.92 Å². The van der Waals surface area contributed by atoms with Gasteiger partial charge < -0.3 is 14.9 Å². The van der Waals surface area contributed by atoms with Crippen molar-refractivity contribution in [2.75, 3.05) is 32.1 Å². The summed E-state index contributed by atoms with van der Waals surface area (Å²) in [5.41, 5.74) is 0.250. The zero-order valence-electron chi connectivity index (χ0n) is 12.7. The maximum Gasteiger partial charge on any atom is 0.308 e. The van der Waals surface area contributed by atoms with Crippen LogP contribution in [-0.2, 0) is 9.59 Å². The number of likely N-dealkylation sites (N-methyl/N-ethyl adjacent to an activating group) is 2. The normalized spacial score (nSPS) is 11.6. The molecule has 1 N–H and O–H groups in total. The van der Waals surface area contributed by atoms with Crippen molar-refractivity contribution < 1.29 is 19.6 Å². The summed E-state index contributed by atoms with van der Waals surface area (Å²) in [4.78, 5) is 36.1. The average Bonchev–Trinajstić information content (AvgIpc) is 2.46. The molecular formula is C14H19N3O5. The molecule has 0 bridgehead atoms. The van der Waals surface area contributed by atoms with Crippen LogP contribution in [0.3, 0.4) is 0 Å². The molecule has 1 amide bonds. The van der Waals surface area contributed by atoms with Gasteiger partial charge in [0.05, 0.1) is 17.4 Å². The SMILES string of the molecule is CC(CN(C)C(=O)CN(C)c1ccccc1[N+](=O)[O-])C(=O)O. The van der Waals surface area contributed by atoms with Gasteiger partial charge in [0.1, 0.15) is 5.69 Å². The van der Waals surface area contributed by atoms with E-state index in [1.54, 1.807) is 25.2 Å². The van der Waals surface area contributed by atoms with E-state index in [0.29, 0.717) is 5.69 Å². The Labute approximate surface area is 128 Å². The van der Waals surface area contributed by atoms with E-state index in [1.165, 1.54) is 29.8 Å². The summed E-state index contributed by atoms with van der Waals surface area (Å²) in [5.74, 6) is -1.97. The molecule has 120 valence electrons. The number of carboxylic acids is 1. The van der Waals surface area contributed by atoms with Gasteiger partial charge in [-0.3, -0.25) is 19.7 Å². The van der Waals surface area contributed by atoms with Crippen molar-refractivity contribution in [2.45, 2.75) is 6.92 Å². The molecule has 0 heterocycles. The molecule has 0 fully saturated rings. The molecule has 0 aliphatic heterocycles. The summed E-state index contributed by atoms with van der Waals surface area (Å²) < 4.78 is 0. The number of carbonyl (C=O) groups is 2. The minimum atomic E-state index is -0.980. The fraction of sp³-hybridized carbons (Fsp3) is 0.429. The van der Waals surface area contributed by atoms with E-state index in [2.05, 4.69) is 0 Å².